The van der Waals surface area contributed by atoms with Crippen molar-refractivity contribution in [2.75, 3.05) is 0 Å². The fraction of sp³-hybridized carbons (Fsp3) is 0.500. The first kappa shape index (κ1) is 7.21. The molecule has 0 aliphatic heterocycles. The summed E-state index contributed by atoms with van der Waals surface area (Å²) < 4.78 is 4.58. The molecule has 0 unspecified atom stereocenters. The molecule has 7 heavy (non-hydrogen) atoms. The van der Waals surface area contributed by atoms with E-state index in [4.69, 9.17) is 11.9 Å². The maximum Gasteiger partial charge on any atom is 0.237 e. The predicted molar refractivity (Wildman–Crippen MR) is 34.6 cm³/mol. The Kier molecular flexibility index (Phi) is 2.57. The molecule has 0 rings (SSSR count). The number of hydrogen-bond acceptors (Lipinski definition) is 1. The van der Waals surface area contributed by atoms with E-state index >= 15 is 0 Å². The van der Waals surface area contributed by atoms with Crippen molar-refractivity contribution in [2.24, 2.45) is 0 Å². The molecule has 0 fully saturated rings. The van der Waals surface area contributed by atoms with Crippen molar-refractivity contribution in [3.8, 4) is 0 Å². The molecule has 3 heteroatoms. The van der Waals surface area contributed by atoms with Gasteiger partial charge in [-0.05, 0) is 13.1 Å². The quantitative estimate of drug-likeness (QED) is 0.529. The Hall–Kier alpha value is 0.207. The van der Waals surface area contributed by atoms with E-state index in [0.29, 0.717) is 0 Å². The van der Waals surface area contributed by atoms with Gasteiger partial charge in [0.05, 0.1) is 0 Å². The minimum absolute atomic E-state index is 1.62. The summed E-state index contributed by atoms with van der Waals surface area (Å²) in [6, 6.07) is 0. The second-order valence-corrected chi connectivity index (χ2v) is 6.12. The van der Waals surface area contributed by atoms with Crippen molar-refractivity contribution in [2.45, 2.75) is 13.1 Å². The molecule has 0 spiro atoms. The van der Waals surface area contributed by atoms with E-state index < -0.39 is 8.32 Å². The van der Waals surface area contributed by atoms with Gasteiger partial charge in [0.15, 0.2) is 0 Å². The Balaban J connectivity index is 3.58. The largest absolute Gasteiger partial charge is 0.320 e. The summed E-state index contributed by atoms with van der Waals surface area (Å²) in [6.07, 6.45) is 0. The number of hydrogen-bond donors (Lipinski definition) is 0. The molecule has 42 valence electrons. The summed E-state index contributed by atoms with van der Waals surface area (Å²) in [5.74, 6) is 0. The first-order valence-corrected chi connectivity index (χ1v) is 5.35. The van der Waals surface area contributed by atoms with E-state index in [0.717, 1.165) is 0 Å². The average molecular weight is 137 g/mol. The highest BCUT2D eigenvalue weighted by Crippen LogP contribution is 2.05. The first-order chi connectivity index (χ1) is 3.12. The summed E-state index contributed by atoms with van der Waals surface area (Å²) in [5.41, 5.74) is 1.78. The fourth-order valence-corrected chi connectivity index (χ4v) is 0.283. The van der Waals surface area contributed by atoms with Gasteiger partial charge in [0, 0.05) is 11.9 Å². The van der Waals surface area contributed by atoms with E-state index in [1.165, 1.54) is 0 Å². The molecule has 0 aliphatic rings. The summed E-state index contributed by atoms with van der Waals surface area (Å²) in [5, 5.41) is 0. The molecule has 0 N–H and O–H groups in total. The van der Waals surface area contributed by atoms with E-state index in [9.17, 15) is 0 Å². The molecule has 0 saturated carbocycles. The van der Waals surface area contributed by atoms with E-state index in [1.54, 1.807) is 5.70 Å². The van der Waals surface area contributed by atoms with Gasteiger partial charge in [0.2, 0.25) is 8.32 Å². The minimum atomic E-state index is -1.62. The third kappa shape index (κ3) is 2.85. The molecule has 0 bridgehead atoms. The Morgan fingerprint density at radius 1 is 1.71 bits per heavy atom. The molecule has 0 atom stereocenters. The van der Waals surface area contributed by atoms with Crippen LogP contribution < -0.4 is 0 Å². The number of halogens is 1. The standard InChI is InChI=1S/C4H9ClOSi/c1-4-7(2,3)6-5/h4H,1H2,2-3H3. The van der Waals surface area contributed by atoms with Crippen LogP contribution in [0, 0.1) is 0 Å². The Bertz CT molecular complexity index is 72.1. The maximum atomic E-state index is 5.08. The third-order valence-electron chi connectivity index (χ3n) is 0.690. The van der Waals surface area contributed by atoms with Gasteiger partial charge < -0.3 is 3.98 Å². The zero-order chi connectivity index (χ0) is 5.91. The van der Waals surface area contributed by atoms with E-state index in [1.807, 2.05) is 13.1 Å². The monoisotopic (exact) mass is 136 g/mol. The van der Waals surface area contributed by atoms with Crippen LogP contribution in [0.25, 0.3) is 0 Å². The minimum Gasteiger partial charge on any atom is -0.320 e. The Labute approximate surface area is 50.2 Å². The Morgan fingerprint density at radius 3 is 2.14 bits per heavy atom. The zero-order valence-electron chi connectivity index (χ0n) is 4.57. The highest BCUT2D eigenvalue weighted by atomic mass is 35.5. The average Bonchev–Trinajstić information content (AvgIpc) is 1.68. The molecule has 0 aromatic rings. The SMILES string of the molecule is C=C[Si](C)(C)OCl. The highest BCUT2D eigenvalue weighted by Gasteiger charge is 2.15. The molecule has 0 heterocycles. The van der Waals surface area contributed by atoms with Crippen LogP contribution in [0.4, 0.5) is 0 Å². The fourth-order valence-electron chi connectivity index (χ4n) is 0.0315. The molecule has 1 nitrogen and oxygen atoms in total. The van der Waals surface area contributed by atoms with Crippen molar-refractivity contribution in [1.29, 1.82) is 0 Å². The lowest BCUT2D eigenvalue weighted by Crippen LogP contribution is -2.22. The lowest BCUT2D eigenvalue weighted by atomic mass is 11.3. The van der Waals surface area contributed by atoms with Crippen molar-refractivity contribution in [3.63, 3.8) is 0 Å². The summed E-state index contributed by atoms with van der Waals surface area (Å²) >= 11 is 5.08. The third-order valence-corrected chi connectivity index (χ3v) is 3.26. The van der Waals surface area contributed by atoms with Crippen LogP contribution in [0.3, 0.4) is 0 Å². The van der Waals surface area contributed by atoms with Crippen LogP contribution in [0.1, 0.15) is 0 Å². The Morgan fingerprint density at radius 2 is 2.14 bits per heavy atom. The van der Waals surface area contributed by atoms with Gasteiger partial charge >= 0.3 is 0 Å². The lowest BCUT2D eigenvalue weighted by molar-refractivity contribution is 0.630. The van der Waals surface area contributed by atoms with Gasteiger partial charge in [-0.2, -0.15) is 0 Å². The number of rotatable bonds is 2. The van der Waals surface area contributed by atoms with Crippen LogP contribution in [0.2, 0.25) is 13.1 Å². The summed E-state index contributed by atoms with van der Waals surface area (Å²) in [7, 11) is -1.62. The molecule has 0 saturated heterocycles. The van der Waals surface area contributed by atoms with Crippen LogP contribution in [0.15, 0.2) is 12.3 Å². The molecule has 0 aromatic heterocycles. The summed E-state index contributed by atoms with van der Waals surface area (Å²) in [4.78, 5) is 0. The maximum absolute atomic E-state index is 5.08. The zero-order valence-corrected chi connectivity index (χ0v) is 6.33. The molecule has 0 aliphatic carbocycles. The second kappa shape index (κ2) is 2.50. The molecule has 0 radical (unpaired) electrons. The normalized spacial score (nSPS) is 11.3. The van der Waals surface area contributed by atoms with Gasteiger partial charge in [0.1, 0.15) is 0 Å². The molecular weight excluding hydrogens is 128 g/mol. The smallest absolute Gasteiger partial charge is 0.237 e. The van der Waals surface area contributed by atoms with Crippen molar-refractivity contribution >= 4 is 20.2 Å². The lowest BCUT2D eigenvalue weighted by Gasteiger charge is -2.08. The molecular formula is C4H9ClOSi. The van der Waals surface area contributed by atoms with Crippen LogP contribution in [-0.4, -0.2) is 8.32 Å². The van der Waals surface area contributed by atoms with Gasteiger partial charge in [0.25, 0.3) is 0 Å². The van der Waals surface area contributed by atoms with Gasteiger partial charge in [-0.25, -0.2) is 0 Å². The topological polar surface area (TPSA) is 9.23 Å². The van der Waals surface area contributed by atoms with Crippen LogP contribution in [0.5, 0.6) is 0 Å². The second-order valence-electron chi connectivity index (χ2n) is 1.88. The highest BCUT2D eigenvalue weighted by molar-refractivity contribution is 6.78. The van der Waals surface area contributed by atoms with Crippen LogP contribution in [-0.2, 0) is 3.98 Å². The van der Waals surface area contributed by atoms with Crippen molar-refractivity contribution in [3.05, 3.63) is 12.3 Å². The van der Waals surface area contributed by atoms with E-state index in [-0.39, 0.29) is 0 Å². The molecule has 0 amide bonds. The van der Waals surface area contributed by atoms with Gasteiger partial charge in [-0.1, -0.05) is 5.70 Å². The van der Waals surface area contributed by atoms with Gasteiger partial charge in [-0.15, -0.1) is 6.58 Å². The van der Waals surface area contributed by atoms with Crippen molar-refractivity contribution < 1.29 is 3.98 Å². The van der Waals surface area contributed by atoms with Crippen LogP contribution >= 0.6 is 11.9 Å². The first-order valence-electron chi connectivity index (χ1n) is 2.06. The van der Waals surface area contributed by atoms with Gasteiger partial charge in [-0.3, -0.25) is 0 Å². The summed E-state index contributed by atoms with van der Waals surface area (Å²) in [6.45, 7) is 7.49. The predicted octanol–water partition coefficient (Wildman–Crippen LogP) is 2.09. The van der Waals surface area contributed by atoms with E-state index in [2.05, 4.69) is 10.6 Å². The molecule has 0 aromatic carbocycles. The van der Waals surface area contributed by atoms with Crippen molar-refractivity contribution in [1.82, 2.24) is 0 Å².